The lowest BCUT2D eigenvalue weighted by Gasteiger charge is -2.12. The fraction of sp³-hybridized carbons (Fsp3) is 0.333. The Labute approximate surface area is 109 Å². The van der Waals surface area contributed by atoms with Crippen LogP contribution < -0.4 is 10.5 Å². The van der Waals surface area contributed by atoms with Crippen molar-refractivity contribution in [2.24, 2.45) is 5.73 Å². The van der Waals surface area contributed by atoms with E-state index in [4.69, 9.17) is 11.0 Å². The number of nitrogens with two attached hydrogens (primary N) is 1. The molecule has 0 amide bonds. The Balaban J connectivity index is 3.14. The van der Waals surface area contributed by atoms with E-state index in [1.807, 2.05) is 28.7 Å². The van der Waals surface area contributed by atoms with E-state index < -0.39 is 12.2 Å². The van der Waals surface area contributed by atoms with Gasteiger partial charge in [0.15, 0.2) is 0 Å². The number of nitrogens with zero attached hydrogens (tertiary/aromatic N) is 2. The van der Waals surface area contributed by atoms with Gasteiger partial charge in [-0.1, -0.05) is 0 Å². The van der Waals surface area contributed by atoms with Gasteiger partial charge < -0.3 is 10.5 Å². The first kappa shape index (κ1) is 14.0. The van der Waals surface area contributed by atoms with E-state index in [-0.39, 0.29) is 18.7 Å². The van der Waals surface area contributed by atoms with Gasteiger partial charge in [-0.05, 0) is 22.6 Å². The molecule has 0 fully saturated rings. The minimum Gasteiger partial charge on any atom is -0.388 e. The molecule has 17 heavy (non-hydrogen) atoms. The summed E-state index contributed by atoms with van der Waals surface area (Å²) in [5.74, 6) is -0.566. The second-order valence-electron chi connectivity index (χ2n) is 2.95. The molecule has 0 aliphatic heterocycles. The van der Waals surface area contributed by atoms with Crippen LogP contribution in [0.5, 0.6) is 5.88 Å². The maximum Gasteiger partial charge on any atom is 0.574 e. The van der Waals surface area contributed by atoms with Crippen LogP contribution >= 0.6 is 22.6 Å². The van der Waals surface area contributed by atoms with Crippen LogP contribution in [0.15, 0.2) is 6.07 Å². The number of hydrogen-bond acceptors (Lipinski definition) is 4. The molecule has 0 radical (unpaired) electrons. The molecule has 0 saturated heterocycles. The van der Waals surface area contributed by atoms with Gasteiger partial charge in [0.05, 0.1) is 18.2 Å². The quantitative estimate of drug-likeness (QED) is 0.842. The second kappa shape index (κ2) is 5.50. The number of ether oxygens (including phenoxy) is 1. The Hall–Kier alpha value is -1.08. The number of hydrogen-bond donors (Lipinski definition) is 1. The Morgan fingerprint density at radius 3 is 2.65 bits per heavy atom. The normalized spacial score (nSPS) is 11.1. The summed E-state index contributed by atoms with van der Waals surface area (Å²) in [4.78, 5) is 3.63. The van der Waals surface area contributed by atoms with Crippen LogP contribution in [0.25, 0.3) is 0 Å². The van der Waals surface area contributed by atoms with Gasteiger partial charge >= 0.3 is 6.36 Å². The SMILES string of the molecule is N#CCc1c(I)cc(OC(F)(F)F)nc1CN. The molecule has 0 spiro atoms. The van der Waals surface area contributed by atoms with E-state index in [0.717, 1.165) is 6.07 Å². The van der Waals surface area contributed by atoms with Crippen molar-refractivity contribution in [1.82, 2.24) is 4.98 Å². The summed E-state index contributed by atoms with van der Waals surface area (Å²) in [5.41, 5.74) is 6.14. The minimum atomic E-state index is -4.79. The van der Waals surface area contributed by atoms with Gasteiger partial charge in [-0.3, -0.25) is 0 Å². The molecule has 0 aliphatic rings. The Bertz CT molecular complexity index is 456. The monoisotopic (exact) mass is 357 g/mol. The van der Waals surface area contributed by atoms with E-state index in [1.54, 1.807) is 0 Å². The average Bonchev–Trinajstić information content (AvgIpc) is 2.19. The average molecular weight is 357 g/mol. The van der Waals surface area contributed by atoms with Crippen LogP contribution in [-0.2, 0) is 13.0 Å². The van der Waals surface area contributed by atoms with Crippen LogP contribution in [-0.4, -0.2) is 11.3 Å². The largest absolute Gasteiger partial charge is 0.574 e. The molecular weight excluding hydrogens is 350 g/mol. The van der Waals surface area contributed by atoms with Gasteiger partial charge in [0.25, 0.3) is 0 Å². The summed E-state index contributed by atoms with van der Waals surface area (Å²) in [6.45, 7) is -0.0535. The van der Waals surface area contributed by atoms with Crippen molar-refractivity contribution in [2.45, 2.75) is 19.3 Å². The van der Waals surface area contributed by atoms with Crippen molar-refractivity contribution >= 4 is 22.6 Å². The minimum absolute atomic E-state index is 0.0457. The molecule has 4 nitrogen and oxygen atoms in total. The summed E-state index contributed by atoms with van der Waals surface area (Å²) < 4.78 is 40.2. The molecule has 0 aromatic carbocycles. The predicted octanol–water partition coefficient (Wildman–Crippen LogP) is 2.11. The van der Waals surface area contributed by atoms with Crippen LogP contribution in [0, 0.1) is 14.9 Å². The third kappa shape index (κ3) is 4.01. The van der Waals surface area contributed by atoms with Gasteiger partial charge in [0.1, 0.15) is 0 Å². The summed E-state index contributed by atoms with van der Waals surface area (Å²) in [6.07, 6.45) is -4.75. The van der Waals surface area contributed by atoms with Crippen molar-refractivity contribution < 1.29 is 17.9 Å². The topological polar surface area (TPSA) is 71.9 Å². The molecule has 0 saturated carbocycles. The van der Waals surface area contributed by atoms with Crippen molar-refractivity contribution in [1.29, 1.82) is 5.26 Å². The molecule has 0 aliphatic carbocycles. The summed E-state index contributed by atoms with van der Waals surface area (Å²) in [5, 5.41) is 8.59. The highest BCUT2D eigenvalue weighted by Crippen LogP contribution is 2.26. The van der Waals surface area contributed by atoms with E-state index in [2.05, 4.69) is 9.72 Å². The van der Waals surface area contributed by atoms with Gasteiger partial charge in [-0.25, -0.2) is 4.98 Å². The molecule has 1 heterocycles. The maximum absolute atomic E-state index is 12.0. The summed E-state index contributed by atoms with van der Waals surface area (Å²) in [7, 11) is 0. The molecule has 1 rings (SSSR count). The number of pyridine rings is 1. The highest BCUT2D eigenvalue weighted by Gasteiger charge is 2.32. The molecule has 1 aromatic rings. The van der Waals surface area contributed by atoms with Crippen LogP contribution in [0.1, 0.15) is 11.3 Å². The number of rotatable bonds is 3. The molecule has 0 atom stereocenters. The maximum atomic E-state index is 12.0. The number of halogens is 4. The zero-order valence-electron chi connectivity index (χ0n) is 8.38. The van der Waals surface area contributed by atoms with Gasteiger partial charge in [0.2, 0.25) is 5.88 Å². The van der Waals surface area contributed by atoms with Crippen molar-refractivity contribution in [2.75, 3.05) is 0 Å². The predicted molar refractivity (Wildman–Crippen MR) is 60.8 cm³/mol. The van der Waals surface area contributed by atoms with Crippen molar-refractivity contribution in [3.05, 3.63) is 20.9 Å². The third-order valence-corrected chi connectivity index (χ3v) is 2.76. The zero-order valence-corrected chi connectivity index (χ0v) is 10.5. The number of nitriles is 1. The lowest BCUT2D eigenvalue weighted by molar-refractivity contribution is -0.276. The van der Waals surface area contributed by atoms with Crippen LogP contribution in [0.2, 0.25) is 0 Å². The molecule has 8 heteroatoms. The number of aromatic nitrogens is 1. The Kier molecular flexibility index (Phi) is 4.53. The molecule has 92 valence electrons. The van der Waals surface area contributed by atoms with Gasteiger partial charge in [-0.15, -0.1) is 13.2 Å². The summed E-state index contributed by atoms with van der Waals surface area (Å²) >= 11 is 1.82. The second-order valence-corrected chi connectivity index (χ2v) is 4.12. The first-order valence-corrected chi connectivity index (χ1v) is 5.46. The molecule has 0 unspecified atom stereocenters. The van der Waals surface area contributed by atoms with E-state index in [1.165, 1.54) is 0 Å². The zero-order chi connectivity index (χ0) is 13.1. The van der Waals surface area contributed by atoms with E-state index >= 15 is 0 Å². The Morgan fingerprint density at radius 2 is 2.18 bits per heavy atom. The van der Waals surface area contributed by atoms with E-state index in [9.17, 15) is 13.2 Å². The molecular formula is C9H7F3IN3O. The van der Waals surface area contributed by atoms with Gasteiger partial charge in [-0.2, -0.15) is 5.26 Å². The van der Waals surface area contributed by atoms with Crippen LogP contribution in [0.4, 0.5) is 13.2 Å². The van der Waals surface area contributed by atoms with Crippen molar-refractivity contribution in [3.63, 3.8) is 0 Å². The van der Waals surface area contributed by atoms with Crippen LogP contribution in [0.3, 0.4) is 0 Å². The van der Waals surface area contributed by atoms with Crippen molar-refractivity contribution in [3.8, 4) is 11.9 Å². The first-order valence-electron chi connectivity index (χ1n) is 4.38. The van der Waals surface area contributed by atoms with Gasteiger partial charge in [0, 0.05) is 21.7 Å². The van der Waals surface area contributed by atoms with E-state index in [0.29, 0.717) is 9.13 Å². The Morgan fingerprint density at radius 1 is 1.53 bits per heavy atom. The highest BCUT2D eigenvalue weighted by molar-refractivity contribution is 14.1. The first-order chi connectivity index (χ1) is 7.87. The lowest BCUT2D eigenvalue weighted by Crippen LogP contribution is -2.19. The molecule has 2 N–H and O–H groups in total. The highest BCUT2D eigenvalue weighted by atomic mass is 127. The lowest BCUT2D eigenvalue weighted by atomic mass is 10.1. The smallest absolute Gasteiger partial charge is 0.388 e. The molecule has 1 aromatic heterocycles. The molecule has 0 bridgehead atoms. The fourth-order valence-corrected chi connectivity index (χ4v) is 1.94. The fourth-order valence-electron chi connectivity index (χ4n) is 1.17. The number of alkyl halides is 3. The summed E-state index contributed by atoms with van der Waals surface area (Å²) in [6, 6.07) is 3.03. The standard InChI is InChI=1S/C9H7F3IN3O/c10-9(11,12)17-8-3-6(13)5(1-2-14)7(4-15)16-8/h3H,1,4,15H2. The third-order valence-electron chi connectivity index (χ3n) is 1.80.